The van der Waals surface area contributed by atoms with E-state index in [0.29, 0.717) is 11.6 Å². The first-order chi connectivity index (χ1) is 33.7. The molecule has 2 saturated carbocycles. The molecule has 0 radical (unpaired) electrons. The molecule has 70 heavy (non-hydrogen) atoms. The van der Waals surface area contributed by atoms with E-state index in [0.717, 1.165) is 94.9 Å². The topological polar surface area (TPSA) is 149 Å². The van der Waals surface area contributed by atoms with Crippen LogP contribution in [0.2, 0.25) is 0 Å². The molecule has 1 saturated heterocycles. The molecule has 0 N–H and O–H groups in total. The van der Waals surface area contributed by atoms with Gasteiger partial charge in [-0.2, -0.15) is 0 Å². The Labute approximate surface area is 408 Å². The molecule has 16 nitrogen and oxygen atoms in total. The first-order valence-corrected chi connectivity index (χ1v) is 24.8. The molecule has 5 heterocycles. The van der Waals surface area contributed by atoms with Gasteiger partial charge in [-0.15, -0.1) is 10.2 Å². The summed E-state index contributed by atoms with van der Waals surface area (Å²) >= 11 is 0. The highest BCUT2D eigenvalue weighted by Crippen LogP contribution is 2.45. The molecule has 3 fully saturated rings. The molecule has 2 aromatic heterocycles. The van der Waals surface area contributed by atoms with Gasteiger partial charge in [0.05, 0.1) is 34.1 Å². The molecule has 360 valence electrons. The number of anilines is 4. The van der Waals surface area contributed by atoms with Crippen LogP contribution in [-0.4, -0.2) is 126 Å². The van der Waals surface area contributed by atoms with Crippen molar-refractivity contribution in [2.24, 2.45) is 0 Å². The van der Waals surface area contributed by atoms with Crippen LogP contribution in [0.4, 0.5) is 22.7 Å². The van der Waals surface area contributed by atoms with Gasteiger partial charge in [-0.1, -0.05) is 35.4 Å². The molecule has 5 aliphatic rings. The number of nitrogens with zero attached hydrogens (tertiary/aromatic N) is 12. The molecular weight excluding hydrogens is 881 g/mol. The molecule has 4 amide bonds. The van der Waals surface area contributed by atoms with Gasteiger partial charge in [-0.3, -0.25) is 19.2 Å². The maximum Gasteiger partial charge on any atom is 0.293 e. The van der Waals surface area contributed by atoms with E-state index in [1.807, 2.05) is 128 Å². The van der Waals surface area contributed by atoms with Crippen LogP contribution in [0.15, 0.2) is 84.9 Å². The standard InChI is InChI=1S/C54H60N12O4/c1-31-15-21-41(22-16-31)65-49(37-19-25-43-45(27-37)63(39-11-9-12-39)35(5)51(67)59(43)7)55-47(57-65)53(69)61-29-34(4)62(30-33(61)3)54(70)48-56-50(66(58-48)42-23-17-32(2)18-24-42)38-20-26-44-46(28-38)64(40-13-10-14-40)36(6)52(68)60(44)8/h15-28,33-36,39-40H,9-14,29-30H2,1-8H3/t33-,34+,35-,36-/m1/s1. The van der Waals surface area contributed by atoms with Gasteiger partial charge in [0, 0.05) is 62.5 Å². The summed E-state index contributed by atoms with van der Waals surface area (Å²) in [5, 5.41) is 9.81. The van der Waals surface area contributed by atoms with Gasteiger partial charge in [-0.05, 0) is 141 Å². The number of aryl methyl sites for hydroxylation is 2. The Kier molecular flexibility index (Phi) is 11.1. The summed E-state index contributed by atoms with van der Waals surface area (Å²) in [5.41, 5.74) is 8.89. The van der Waals surface area contributed by atoms with Crippen molar-refractivity contribution in [3.63, 3.8) is 0 Å². The normalized spacial score (nSPS) is 21.7. The van der Waals surface area contributed by atoms with Crippen LogP contribution >= 0.6 is 0 Å². The van der Waals surface area contributed by atoms with E-state index in [2.05, 4.69) is 21.9 Å². The third-order valence-electron chi connectivity index (χ3n) is 15.6. The number of hydrogen-bond acceptors (Lipinski definition) is 10. The quantitative estimate of drug-likeness (QED) is 0.149. The zero-order valence-corrected chi connectivity index (χ0v) is 41.2. The molecule has 4 atom stereocenters. The van der Waals surface area contributed by atoms with Crippen molar-refractivity contribution in [3.8, 4) is 34.2 Å². The van der Waals surface area contributed by atoms with Crippen molar-refractivity contribution in [2.45, 2.75) is 116 Å². The number of benzene rings is 4. The molecule has 3 aliphatic heterocycles. The lowest BCUT2D eigenvalue weighted by molar-refractivity contribution is -0.120. The molecule has 16 heteroatoms. The first kappa shape index (κ1) is 45.1. The molecule has 4 aromatic carbocycles. The minimum atomic E-state index is -0.393. The fourth-order valence-corrected chi connectivity index (χ4v) is 11.0. The summed E-state index contributed by atoms with van der Waals surface area (Å²) in [5.74, 6) is 0.601. The maximum atomic E-state index is 14.7. The van der Waals surface area contributed by atoms with Crippen molar-refractivity contribution in [3.05, 3.63) is 108 Å². The van der Waals surface area contributed by atoms with Crippen molar-refractivity contribution in [1.82, 2.24) is 39.3 Å². The van der Waals surface area contributed by atoms with E-state index >= 15 is 0 Å². The Morgan fingerprint density at radius 2 is 0.886 bits per heavy atom. The van der Waals surface area contributed by atoms with Crippen LogP contribution in [0.1, 0.15) is 98.6 Å². The zero-order chi connectivity index (χ0) is 48.9. The van der Waals surface area contributed by atoms with Crippen molar-refractivity contribution in [1.29, 1.82) is 0 Å². The van der Waals surface area contributed by atoms with E-state index in [-0.39, 0.29) is 72.5 Å². The maximum absolute atomic E-state index is 14.7. The molecule has 0 unspecified atom stereocenters. The summed E-state index contributed by atoms with van der Waals surface area (Å²) in [6.07, 6.45) is 6.39. The van der Waals surface area contributed by atoms with Gasteiger partial charge in [0.15, 0.2) is 11.6 Å². The van der Waals surface area contributed by atoms with Crippen LogP contribution in [0, 0.1) is 13.8 Å². The van der Waals surface area contributed by atoms with Crippen molar-refractivity contribution in [2.75, 3.05) is 46.8 Å². The Hall–Kier alpha value is -7.36. The number of carbonyl (C=O) groups is 4. The summed E-state index contributed by atoms with van der Waals surface area (Å²) < 4.78 is 3.47. The zero-order valence-electron chi connectivity index (χ0n) is 41.2. The lowest BCUT2D eigenvalue weighted by Gasteiger charge is -2.47. The number of carbonyl (C=O) groups excluding carboxylic acids is 4. The Morgan fingerprint density at radius 3 is 1.23 bits per heavy atom. The van der Waals surface area contributed by atoms with Crippen LogP contribution in [0.5, 0.6) is 0 Å². The molecule has 11 rings (SSSR count). The average Bonchev–Trinajstić information content (AvgIpc) is 3.98. The van der Waals surface area contributed by atoms with Gasteiger partial charge >= 0.3 is 0 Å². The highest BCUT2D eigenvalue weighted by Gasteiger charge is 2.43. The first-order valence-electron chi connectivity index (χ1n) is 24.8. The fourth-order valence-electron chi connectivity index (χ4n) is 11.0. The predicted octanol–water partition coefficient (Wildman–Crippen LogP) is 7.62. The second-order valence-electron chi connectivity index (χ2n) is 20.2. The van der Waals surface area contributed by atoms with Gasteiger partial charge < -0.3 is 29.4 Å². The van der Waals surface area contributed by atoms with Gasteiger partial charge in [0.25, 0.3) is 11.8 Å². The molecule has 0 bridgehead atoms. The minimum absolute atomic E-state index is 0.0534. The van der Waals surface area contributed by atoms with Gasteiger partial charge in [0.1, 0.15) is 12.1 Å². The van der Waals surface area contributed by atoms with Crippen LogP contribution in [0.25, 0.3) is 34.2 Å². The summed E-state index contributed by atoms with van der Waals surface area (Å²) in [4.78, 5) is 77.7. The second-order valence-corrected chi connectivity index (χ2v) is 20.2. The molecular formula is C54H60N12O4. The summed E-state index contributed by atoms with van der Waals surface area (Å²) in [7, 11) is 3.65. The van der Waals surface area contributed by atoms with Crippen LogP contribution in [0.3, 0.4) is 0 Å². The Morgan fingerprint density at radius 1 is 0.514 bits per heavy atom. The van der Waals surface area contributed by atoms with E-state index in [1.165, 1.54) is 0 Å². The van der Waals surface area contributed by atoms with Gasteiger partial charge in [-0.25, -0.2) is 19.3 Å². The highest BCUT2D eigenvalue weighted by molar-refractivity contribution is 6.07. The number of hydrogen-bond donors (Lipinski definition) is 0. The Bertz CT molecular complexity index is 2860. The number of amides is 4. The van der Waals surface area contributed by atoms with Crippen molar-refractivity contribution < 1.29 is 19.2 Å². The van der Waals surface area contributed by atoms with E-state index < -0.39 is 12.1 Å². The summed E-state index contributed by atoms with van der Waals surface area (Å²) in [6, 6.07) is 27.1. The highest BCUT2D eigenvalue weighted by atomic mass is 16.2. The third-order valence-corrected chi connectivity index (χ3v) is 15.6. The van der Waals surface area contributed by atoms with E-state index in [4.69, 9.17) is 20.2 Å². The monoisotopic (exact) mass is 940 g/mol. The molecule has 2 aliphatic carbocycles. The smallest absolute Gasteiger partial charge is 0.293 e. The number of likely N-dealkylation sites (N-methyl/N-ethyl adjacent to an activating group) is 2. The second kappa shape index (κ2) is 17.2. The van der Waals surface area contributed by atoms with Crippen LogP contribution < -0.4 is 19.6 Å². The lowest BCUT2D eigenvalue weighted by Crippen LogP contribution is -2.59. The van der Waals surface area contributed by atoms with Crippen molar-refractivity contribution >= 4 is 46.4 Å². The minimum Gasteiger partial charge on any atom is -0.355 e. The van der Waals surface area contributed by atoms with Gasteiger partial charge in [0.2, 0.25) is 23.5 Å². The molecule has 6 aromatic rings. The molecule has 0 spiro atoms. The third kappa shape index (κ3) is 7.41. The summed E-state index contributed by atoms with van der Waals surface area (Å²) in [6.45, 7) is 12.4. The average molecular weight is 941 g/mol. The Balaban J connectivity index is 0.897. The lowest BCUT2D eigenvalue weighted by atomic mass is 9.88. The van der Waals surface area contributed by atoms with E-state index in [9.17, 15) is 19.2 Å². The largest absolute Gasteiger partial charge is 0.355 e. The van der Waals surface area contributed by atoms with Crippen LogP contribution in [-0.2, 0) is 9.59 Å². The number of piperazine rings is 1. The SMILES string of the molecule is Cc1ccc(-n2nc(C(=O)N3C[C@H](C)N(C(=O)c4nc(-c5ccc6c(c5)N(C5CCC5)[C@H](C)C(=O)N6C)n(-c5ccc(C)cc5)n4)C[C@H]3C)nc2-c2ccc3c(c2)N(C2CCC2)[C@H](C)C(=O)N3C)cc1. The number of rotatable bonds is 8. The van der Waals surface area contributed by atoms with E-state index in [1.54, 1.807) is 29.0 Å². The fraction of sp³-hybridized carbons (Fsp3) is 0.407. The number of aromatic nitrogens is 6. The predicted molar refractivity (Wildman–Crippen MR) is 270 cm³/mol. The number of fused-ring (bicyclic) bond motifs is 2.